The van der Waals surface area contributed by atoms with Gasteiger partial charge in [-0.05, 0) is 30.7 Å². The van der Waals surface area contributed by atoms with Gasteiger partial charge in [0.1, 0.15) is 5.75 Å². The molecule has 1 amide bonds. The van der Waals surface area contributed by atoms with E-state index in [1.807, 2.05) is 31.2 Å². The van der Waals surface area contributed by atoms with E-state index in [4.69, 9.17) is 16.3 Å². The van der Waals surface area contributed by atoms with Gasteiger partial charge >= 0.3 is 0 Å². The largest absolute Gasteiger partial charge is 0.494 e. The fourth-order valence-electron chi connectivity index (χ4n) is 1.73. The Bertz CT molecular complexity index is 602. The Balaban J connectivity index is 2.00. The fraction of sp³-hybridized carbons (Fsp3) is 0.200. The van der Waals surface area contributed by atoms with Crippen LogP contribution in [0.3, 0.4) is 0 Å². The van der Waals surface area contributed by atoms with Gasteiger partial charge in [-0.25, -0.2) is 0 Å². The number of hydrogen-bond donors (Lipinski definition) is 1. The van der Waals surface area contributed by atoms with Crippen LogP contribution in [0.1, 0.15) is 22.8 Å². The van der Waals surface area contributed by atoms with E-state index in [-0.39, 0.29) is 5.91 Å². The van der Waals surface area contributed by atoms with Crippen LogP contribution in [0.5, 0.6) is 5.75 Å². The second-order valence-electron chi connectivity index (χ2n) is 4.12. The molecule has 0 saturated heterocycles. The van der Waals surface area contributed by atoms with E-state index in [1.165, 1.54) is 6.20 Å². The highest BCUT2D eigenvalue weighted by Crippen LogP contribution is 2.15. The summed E-state index contributed by atoms with van der Waals surface area (Å²) in [4.78, 5) is 15.9. The third-order valence-electron chi connectivity index (χ3n) is 2.68. The maximum absolute atomic E-state index is 12.0. The lowest BCUT2D eigenvalue weighted by molar-refractivity contribution is 0.0950. The topological polar surface area (TPSA) is 51.2 Å². The quantitative estimate of drug-likeness (QED) is 0.921. The van der Waals surface area contributed by atoms with Crippen LogP contribution in [0.25, 0.3) is 0 Å². The average molecular weight is 291 g/mol. The minimum atomic E-state index is -0.245. The summed E-state index contributed by atoms with van der Waals surface area (Å²) in [6, 6.07) is 9.19. The summed E-state index contributed by atoms with van der Waals surface area (Å²) < 4.78 is 5.41. The first-order chi connectivity index (χ1) is 9.70. The van der Waals surface area contributed by atoms with E-state index in [0.717, 1.165) is 11.3 Å². The summed E-state index contributed by atoms with van der Waals surface area (Å²) in [5, 5.41) is 3.20. The number of ether oxygens (including phenoxy) is 1. The van der Waals surface area contributed by atoms with Gasteiger partial charge in [0.2, 0.25) is 0 Å². The maximum atomic E-state index is 12.0. The molecule has 5 heteroatoms. The van der Waals surface area contributed by atoms with Crippen LogP contribution in [0, 0.1) is 0 Å². The van der Waals surface area contributed by atoms with Gasteiger partial charge in [0.25, 0.3) is 5.91 Å². The number of hydrogen-bond acceptors (Lipinski definition) is 3. The summed E-state index contributed by atoms with van der Waals surface area (Å²) in [6.07, 6.45) is 3.00. The van der Waals surface area contributed by atoms with Crippen molar-refractivity contribution in [3.05, 3.63) is 58.9 Å². The van der Waals surface area contributed by atoms with Gasteiger partial charge in [-0.2, -0.15) is 0 Å². The molecule has 0 fully saturated rings. The zero-order valence-corrected chi connectivity index (χ0v) is 11.9. The van der Waals surface area contributed by atoms with Crippen LogP contribution in [-0.4, -0.2) is 17.5 Å². The highest BCUT2D eigenvalue weighted by atomic mass is 35.5. The van der Waals surface area contributed by atoms with Crippen molar-refractivity contribution in [1.29, 1.82) is 0 Å². The van der Waals surface area contributed by atoms with Gasteiger partial charge in [0, 0.05) is 18.9 Å². The zero-order chi connectivity index (χ0) is 14.4. The molecule has 0 atom stereocenters. The standard InChI is InChI=1S/C15H15ClN2O2/c1-2-20-12-5-3-4-11(8-12)9-18-15(19)13-10-17-7-6-14(13)16/h3-8,10H,2,9H2,1H3,(H,18,19). The van der Waals surface area contributed by atoms with Crippen molar-refractivity contribution in [2.24, 2.45) is 0 Å². The molecule has 1 aromatic carbocycles. The molecule has 4 nitrogen and oxygen atoms in total. The van der Waals surface area contributed by atoms with E-state index < -0.39 is 0 Å². The smallest absolute Gasteiger partial charge is 0.254 e. The molecular weight excluding hydrogens is 276 g/mol. The highest BCUT2D eigenvalue weighted by Gasteiger charge is 2.09. The number of benzene rings is 1. The number of rotatable bonds is 5. The molecule has 0 saturated carbocycles. The van der Waals surface area contributed by atoms with E-state index in [0.29, 0.717) is 23.7 Å². The number of nitrogens with zero attached hydrogens (tertiary/aromatic N) is 1. The number of pyridine rings is 1. The Morgan fingerprint density at radius 1 is 1.40 bits per heavy atom. The summed E-state index contributed by atoms with van der Waals surface area (Å²) in [7, 11) is 0. The highest BCUT2D eigenvalue weighted by molar-refractivity contribution is 6.33. The van der Waals surface area contributed by atoms with Gasteiger partial charge in [-0.15, -0.1) is 0 Å². The van der Waals surface area contributed by atoms with Crippen LogP contribution in [0.2, 0.25) is 5.02 Å². The SMILES string of the molecule is CCOc1cccc(CNC(=O)c2cnccc2Cl)c1. The lowest BCUT2D eigenvalue weighted by Crippen LogP contribution is -2.23. The third-order valence-corrected chi connectivity index (χ3v) is 3.00. The molecule has 104 valence electrons. The van der Waals surface area contributed by atoms with E-state index in [9.17, 15) is 4.79 Å². The fourth-order valence-corrected chi connectivity index (χ4v) is 1.92. The van der Waals surface area contributed by atoms with Crippen LogP contribution in [0.4, 0.5) is 0 Å². The molecule has 20 heavy (non-hydrogen) atoms. The first-order valence-corrected chi connectivity index (χ1v) is 6.68. The monoisotopic (exact) mass is 290 g/mol. The molecule has 0 aliphatic rings. The number of carbonyl (C=O) groups is 1. The van der Waals surface area contributed by atoms with Gasteiger partial charge in [-0.1, -0.05) is 23.7 Å². The molecule has 0 radical (unpaired) electrons. The van der Waals surface area contributed by atoms with Crippen molar-refractivity contribution >= 4 is 17.5 Å². The molecular formula is C15H15ClN2O2. The summed E-state index contributed by atoms with van der Waals surface area (Å²) in [5.41, 5.74) is 1.33. The molecule has 1 N–H and O–H groups in total. The lowest BCUT2D eigenvalue weighted by atomic mass is 10.2. The number of amides is 1. The first-order valence-electron chi connectivity index (χ1n) is 6.30. The molecule has 0 bridgehead atoms. The van der Waals surface area contributed by atoms with Crippen molar-refractivity contribution in [3.8, 4) is 5.75 Å². The van der Waals surface area contributed by atoms with Crippen LogP contribution in [0.15, 0.2) is 42.7 Å². The molecule has 0 aliphatic carbocycles. The lowest BCUT2D eigenvalue weighted by Gasteiger charge is -2.08. The zero-order valence-electron chi connectivity index (χ0n) is 11.1. The van der Waals surface area contributed by atoms with Crippen molar-refractivity contribution in [2.45, 2.75) is 13.5 Å². The number of halogens is 1. The second kappa shape index (κ2) is 6.91. The number of aromatic nitrogens is 1. The van der Waals surface area contributed by atoms with Crippen LogP contribution < -0.4 is 10.1 Å². The van der Waals surface area contributed by atoms with Crippen LogP contribution >= 0.6 is 11.6 Å². The Morgan fingerprint density at radius 3 is 3.00 bits per heavy atom. The van der Waals surface area contributed by atoms with Crippen molar-refractivity contribution in [3.63, 3.8) is 0 Å². The third kappa shape index (κ3) is 3.71. The summed E-state index contributed by atoms with van der Waals surface area (Å²) in [5.74, 6) is 0.545. The van der Waals surface area contributed by atoms with Crippen molar-refractivity contribution in [2.75, 3.05) is 6.61 Å². The van der Waals surface area contributed by atoms with Crippen LogP contribution in [-0.2, 0) is 6.54 Å². The molecule has 2 aromatic rings. The molecule has 1 heterocycles. The molecule has 0 spiro atoms. The summed E-state index contributed by atoms with van der Waals surface area (Å²) >= 11 is 5.95. The molecule has 0 aliphatic heterocycles. The Morgan fingerprint density at radius 2 is 2.25 bits per heavy atom. The first kappa shape index (κ1) is 14.3. The molecule has 1 aromatic heterocycles. The number of nitrogens with one attached hydrogen (secondary N) is 1. The Hall–Kier alpha value is -2.07. The predicted octanol–water partition coefficient (Wildman–Crippen LogP) is 3.06. The number of carbonyl (C=O) groups excluding carboxylic acids is 1. The van der Waals surface area contributed by atoms with E-state index in [2.05, 4.69) is 10.3 Å². The Labute approximate surface area is 122 Å². The average Bonchev–Trinajstić information content (AvgIpc) is 2.46. The molecule has 2 rings (SSSR count). The van der Waals surface area contributed by atoms with Gasteiger partial charge in [0.15, 0.2) is 0 Å². The van der Waals surface area contributed by atoms with Crippen molar-refractivity contribution < 1.29 is 9.53 Å². The minimum Gasteiger partial charge on any atom is -0.494 e. The van der Waals surface area contributed by atoms with E-state index >= 15 is 0 Å². The van der Waals surface area contributed by atoms with E-state index in [1.54, 1.807) is 12.3 Å². The predicted molar refractivity (Wildman–Crippen MR) is 78.0 cm³/mol. The van der Waals surface area contributed by atoms with Gasteiger partial charge in [0.05, 0.1) is 17.2 Å². The normalized spacial score (nSPS) is 10.1. The summed E-state index contributed by atoms with van der Waals surface area (Å²) in [6.45, 7) is 2.95. The minimum absolute atomic E-state index is 0.245. The van der Waals surface area contributed by atoms with Gasteiger partial charge in [-0.3, -0.25) is 9.78 Å². The second-order valence-corrected chi connectivity index (χ2v) is 4.53. The van der Waals surface area contributed by atoms with Crippen molar-refractivity contribution in [1.82, 2.24) is 10.3 Å². The Kier molecular flexibility index (Phi) is 4.96. The van der Waals surface area contributed by atoms with Gasteiger partial charge < -0.3 is 10.1 Å². The maximum Gasteiger partial charge on any atom is 0.254 e. The molecule has 0 unspecified atom stereocenters.